The fourth-order valence-electron chi connectivity index (χ4n) is 3.52. The molecule has 2 atom stereocenters. The third-order valence-electron chi connectivity index (χ3n) is 4.42. The predicted molar refractivity (Wildman–Crippen MR) is 75.5 cm³/mol. The summed E-state index contributed by atoms with van der Waals surface area (Å²) in [6.07, 6.45) is 5.93. The Labute approximate surface area is 121 Å². The number of halogens is 2. The molecule has 19 heavy (non-hydrogen) atoms. The van der Waals surface area contributed by atoms with Crippen LogP contribution in [0.25, 0.3) is 0 Å². The van der Waals surface area contributed by atoms with Crippen molar-refractivity contribution in [1.29, 1.82) is 0 Å². The number of likely N-dealkylation sites (tertiary alicyclic amines) is 1. The summed E-state index contributed by atoms with van der Waals surface area (Å²) < 4.78 is 13.7. The molecule has 0 N–H and O–H groups in total. The van der Waals surface area contributed by atoms with Crippen LogP contribution >= 0.6 is 15.9 Å². The summed E-state index contributed by atoms with van der Waals surface area (Å²) in [6.45, 7) is 0.837. The standard InChI is InChI=1S/C15H17BrFNO/c16-13-9-11(17)6-7-12(13)15(19)18-8-2-4-10-3-1-5-14(10)18/h6-7,9-10,14H,1-5,8H2. The molecule has 0 spiro atoms. The lowest BCUT2D eigenvalue weighted by Gasteiger charge is -2.38. The smallest absolute Gasteiger partial charge is 0.255 e. The van der Waals surface area contributed by atoms with Crippen molar-refractivity contribution in [3.63, 3.8) is 0 Å². The molecule has 1 aliphatic carbocycles. The van der Waals surface area contributed by atoms with Gasteiger partial charge in [-0.05, 0) is 65.7 Å². The second-order valence-corrected chi connectivity index (χ2v) is 6.38. The second-order valence-electron chi connectivity index (χ2n) is 5.52. The van der Waals surface area contributed by atoms with E-state index >= 15 is 0 Å². The van der Waals surface area contributed by atoms with Gasteiger partial charge >= 0.3 is 0 Å². The minimum absolute atomic E-state index is 0.0449. The topological polar surface area (TPSA) is 20.3 Å². The van der Waals surface area contributed by atoms with Crippen molar-refractivity contribution in [3.05, 3.63) is 34.1 Å². The summed E-state index contributed by atoms with van der Waals surface area (Å²) in [6, 6.07) is 4.70. The van der Waals surface area contributed by atoms with Crippen LogP contribution in [0.5, 0.6) is 0 Å². The Bertz CT molecular complexity index is 505. The molecule has 2 unspecified atom stereocenters. The maximum Gasteiger partial charge on any atom is 0.255 e. The fraction of sp³-hybridized carbons (Fsp3) is 0.533. The van der Waals surface area contributed by atoms with Crippen molar-refractivity contribution < 1.29 is 9.18 Å². The zero-order valence-corrected chi connectivity index (χ0v) is 12.3. The molecule has 0 bridgehead atoms. The lowest BCUT2D eigenvalue weighted by atomic mass is 9.91. The number of amides is 1. The van der Waals surface area contributed by atoms with Crippen molar-refractivity contribution in [2.45, 2.75) is 38.1 Å². The Kier molecular flexibility index (Phi) is 3.61. The highest BCUT2D eigenvalue weighted by Crippen LogP contribution is 2.37. The summed E-state index contributed by atoms with van der Waals surface area (Å²) in [5, 5.41) is 0. The van der Waals surface area contributed by atoms with Gasteiger partial charge in [0.25, 0.3) is 5.91 Å². The highest BCUT2D eigenvalue weighted by atomic mass is 79.9. The van der Waals surface area contributed by atoms with Crippen LogP contribution in [0.15, 0.2) is 22.7 Å². The number of fused-ring (bicyclic) bond motifs is 1. The van der Waals surface area contributed by atoms with E-state index in [9.17, 15) is 9.18 Å². The van der Waals surface area contributed by atoms with Crippen LogP contribution in [0.3, 0.4) is 0 Å². The molecule has 1 amide bonds. The molecule has 1 aliphatic heterocycles. The molecule has 1 saturated carbocycles. The van der Waals surface area contributed by atoms with Gasteiger partial charge in [0.05, 0.1) is 5.56 Å². The van der Waals surface area contributed by atoms with Crippen molar-refractivity contribution in [2.24, 2.45) is 5.92 Å². The van der Waals surface area contributed by atoms with Crippen molar-refractivity contribution in [1.82, 2.24) is 4.90 Å². The number of carbonyl (C=O) groups excluding carboxylic acids is 1. The van der Waals surface area contributed by atoms with E-state index in [1.165, 1.54) is 31.4 Å². The molecular weight excluding hydrogens is 309 g/mol. The summed E-state index contributed by atoms with van der Waals surface area (Å²) in [7, 11) is 0. The maximum atomic E-state index is 13.1. The van der Waals surface area contributed by atoms with Gasteiger partial charge in [-0.3, -0.25) is 4.79 Å². The normalized spacial score (nSPS) is 26.3. The maximum absolute atomic E-state index is 13.1. The Morgan fingerprint density at radius 3 is 2.84 bits per heavy atom. The van der Waals surface area contributed by atoms with E-state index < -0.39 is 0 Å². The molecule has 1 aromatic carbocycles. The average Bonchev–Trinajstić information content (AvgIpc) is 2.86. The molecule has 1 saturated heterocycles. The Morgan fingerprint density at radius 1 is 1.26 bits per heavy atom. The van der Waals surface area contributed by atoms with E-state index in [4.69, 9.17) is 0 Å². The van der Waals surface area contributed by atoms with Gasteiger partial charge in [0.15, 0.2) is 0 Å². The third kappa shape index (κ3) is 2.42. The largest absolute Gasteiger partial charge is 0.335 e. The predicted octanol–water partition coefficient (Wildman–Crippen LogP) is 3.99. The van der Waals surface area contributed by atoms with Gasteiger partial charge < -0.3 is 4.90 Å². The van der Waals surface area contributed by atoms with Gasteiger partial charge in [0.1, 0.15) is 5.82 Å². The number of rotatable bonds is 1. The van der Waals surface area contributed by atoms with Crippen LogP contribution < -0.4 is 0 Å². The third-order valence-corrected chi connectivity index (χ3v) is 5.07. The molecule has 4 heteroatoms. The lowest BCUT2D eigenvalue weighted by molar-refractivity contribution is 0.0547. The first-order valence-corrected chi connectivity index (χ1v) is 7.72. The van der Waals surface area contributed by atoms with Crippen LogP contribution in [0.1, 0.15) is 42.5 Å². The number of piperidine rings is 1. The minimum atomic E-state index is -0.319. The zero-order valence-electron chi connectivity index (χ0n) is 10.7. The number of hydrogen-bond acceptors (Lipinski definition) is 1. The molecule has 1 heterocycles. The van der Waals surface area contributed by atoms with E-state index in [1.807, 2.05) is 4.90 Å². The first kappa shape index (κ1) is 13.1. The summed E-state index contributed by atoms with van der Waals surface area (Å²) in [5.41, 5.74) is 0.578. The number of nitrogens with zero attached hydrogens (tertiary/aromatic N) is 1. The van der Waals surface area contributed by atoms with Crippen LogP contribution in [-0.2, 0) is 0 Å². The van der Waals surface area contributed by atoms with Gasteiger partial charge in [-0.1, -0.05) is 6.42 Å². The van der Waals surface area contributed by atoms with Gasteiger partial charge in [0, 0.05) is 17.1 Å². The van der Waals surface area contributed by atoms with Crippen molar-refractivity contribution >= 4 is 21.8 Å². The van der Waals surface area contributed by atoms with Crippen molar-refractivity contribution in [2.75, 3.05) is 6.54 Å². The Morgan fingerprint density at radius 2 is 2.05 bits per heavy atom. The first-order chi connectivity index (χ1) is 9.16. The van der Waals surface area contributed by atoms with Crippen LogP contribution in [-0.4, -0.2) is 23.4 Å². The molecule has 0 aromatic heterocycles. The SMILES string of the molecule is O=C(c1ccc(F)cc1Br)N1CCCC2CCCC21. The monoisotopic (exact) mass is 325 g/mol. The Hall–Kier alpha value is -0.900. The van der Waals surface area contributed by atoms with Crippen LogP contribution in [0.2, 0.25) is 0 Å². The molecule has 0 radical (unpaired) electrons. The number of carbonyl (C=O) groups is 1. The molecule has 2 aliphatic rings. The number of benzene rings is 1. The highest BCUT2D eigenvalue weighted by Gasteiger charge is 2.37. The molecule has 2 nitrogen and oxygen atoms in total. The van der Waals surface area contributed by atoms with Gasteiger partial charge in [-0.15, -0.1) is 0 Å². The summed E-state index contributed by atoms with van der Waals surface area (Å²) >= 11 is 3.30. The van der Waals surface area contributed by atoms with E-state index in [-0.39, 0.29) is 11.7 Å². The minimum Gasteiger partial charge on any atom is -0.335 e. The average molecular weight is 326 g/mol. The van der Waals surface area contributed by atoms with E-state index in [0.717, 1.165) is 19.4 Å². The second kappa shape index (κ2) is 5.23. The van der Waals surface area contributed by atoms with E-state index in [1.54, 1.807) is 6.07 Å². The van der Waals surface area contributed by atoms with Crippen molar-refractivity contribution in [3.8, 4) is 0 Å². The lowest BCUT2D eigenvalue weighted by Crippen LogP contribution is -2.46. The molecule has 2 fully saturated rings. The zero-order chi connectivity index (χ0) is 13.4. The summed E-state index contributed by atoms with van der Waals surface area (Å²) in [5.74, 6) is 0.404. The van der Waals surface area contributed by atoms with Gasteiger partial charge in [-0.25, -0.2) is 4.39 Å². The van der Waals surface area contributed by atoms with Crippen LogP contribution in [0.4, 0.5) is 4.39 Å². The Balaban J connectivity index is 1.86. The first-order valence-electron chi connectivity index (χ1n) is 6.93. The van der Waals surface area contributed by atoms with Crippen LogP contribution in [0, 0.1) is 11.7 Å². The van der Waals surface area contributed by atoms with E-state index in [0.29, 0.717) is 22.0 Å². The molecule has 3 rings (SSSR count). The fourth-order valence-corrected chi connectivity index (χ4v) is 4.04. The van der Waals surface area contributed by atoms with E-state index in [2.05, 4.69) is 15.9 Å². The summed E-state index contributed by atoms with van der Waals surface area (Å²) in [4.78, 5) is 14.7. The van der Waals surface area contributed by atoms with Gasteiger partial charge in [-0.2, -0.15) is 0 Å². The molecular formula is C15H17BrFNO. The quantitative estimate of drug-likeness (QED) is 0.764. The molecule has 1 aromatic rings. The highest BCUT2D eigenvalue weighted by molar-refractivity contribution is 9.10. The number of hydrogen-bond donors (Lipinski definition) is 0. The van der Waals surface area contributed by atoms with Gasteiger partial charge in [0.2, 0.25) is 0 Å². The molecule has 102 valence electrons.